The Hall–Kier alpha value is -1.95. The van der Waals surface area contributed by atoms with Crippen molar-refractivity contribution < 1.29 is 18.3 Å². The number of aromatic nitrogens is 2. The van der Waals surface area contributed by atoms with E-state index >= 15 is 0 Å². The molecule has 0 spiro atoms. The molecule has 1 aromatic heterocycles. The zero-order valence-corrected chi connectivity index (χ0v) is 12.5. The maximum Gasteiger partial charge on any atom is 0.221 e. The molecule has 2 heterocycles. The number of ether oxygens (including phenoxy) is 2. The van der Waals surface area contributed by atoms with E-state index in [1.54, 1.807) is 6.07 Å². The number of aryl methyl sites for hydroxylation is 2. The second kappa shape index (κ2) is 6.87. The SMILES string of the molecule is COc1ccc(CCc2nnc(C3CCCOC3)o2)cc1F. The molecule has 6 heteroatoms. The van der Waals surface area contributed by atoms with E-state index in [0.717, 1.165) is 25.0 Å². The lowest BCUT2D eigenvalue weighted by Gasteiger charge is -2.18. The summed E-state index contributed by atoms with van der Waals surface area (Å²) >= 11 is 0. The van der Waals surface area contributed by atoms with E-state index in [1.807, 2.05) is 6.07 Å². The number of halogens is 1. The predicted octanol–water partition coefficient (Wildman–Crippen LogP) is 2.90. The highest BCUT2D eigenvalue weighted by Gasteiger charge is 2.21. The summed E-state index contributed by atoms with van der Waals surface area (Å²) in [5.74, 6) is 1.33. The topological polar surface area (TPSA) is 57.4 Å². The van der Waals surface area contributed by atoms with E-state index in [0.29, 0.717) is 31.2 Å². The van der Waals surface area contributed by atoms with Crippen molar-refractivity contribution in [3.05, 3.63) is 41.4 Å². The van der Waals surface area contributed by atoms with E-state index in [1.165, 1.54) is 13.2 Å². The Balaban J connectivity index is 1.59. The lowest BCUT2D eigenvalue weighted by molar-refractivity contribution is 0.0721. The Morgan fingerprint density at radius 3 is 2.95 bits per heavy atom. The molecule has 1 aromatic carbocycles. The molecule has 1 saturated heterocycles. The summed E-state index contributed by atoms with van der Waals surface area (Å²) < 4.78 is 29.7. The molecule has 5 nitrogen and oxygen atoms in total. The fraction of sp³-hybridized carbons (Fsp3) is 0.500. The fourth-order valence-electron chi connectivity index (χ4n) is 2.58. The van der Waals surface area contributed by atoms with E-state index in [2.05, 4.69) is 10.2 Å². The summed E-state index contributed by atoms with van der Waals surface area (Å²) in [6.07, 6.45) is 3.27. The van der Waals surface area contributed by atoms with Crippen LogP contribution < -0.4 is 4.74 Å². The highest BCUT2D eigenvalue weighted by atomic mass is 19.1. The zero-order valence-electron chi connectivity index (χ0n) is 12.5. The highest BCUT2D eigenvalue weighted by Crippen LogP contribution is 2.24. The van der Waals surface area contributed by atoms with E-state index in [9.17, 15) is 4.39 Å². The lowest BCUT2D eigenvalue weighted by atomic mass is 10.0. The Morgan fingerprint density at radius 2 is 2.23 bits per heavy atom. The van der Waals surface area contributed by atoms with Gasteiger partial charge in [0.1, 0.15) is 0 Å². The van der Waals surface area contributed by atoms with E-state index in [4.69, 9.17) is 13.9 Å². The second-order valence-electron chi connectivity index (χ2n) is 5.42. The molecule has 1 fully saturated rings. The minimum atomic E-state index is -0.356. The molecule has 0 bridgehead atoms. The van der Waals surface area contributed by atoms with Gasteiger partial charge < -0.3 is 13.9 Å². The van der Waals surface area contributed by atoms with Crippen LogP contribution in [0.5, 0.6) is 5.75 Å². The van der Waals surface area contributed by atoms with Crippen LogP contribution in [0.4, 0.5) is 4.39 Å². The number of methoxy groups -OCH3 is 1. The van der Waals surface area contributed by atoms with Crippen LogP contribution >= 0.6 is 0 Å². The molecular formula is C16H19FN2O3. The molecule has 118 valence electrons. The summed E-state index contributed by atoms with van der Waals surface area (Å²) in [7, 11) is 1.45. The molecule has 0 aliphatic carbocycles. The van der Waals surface area contributed by atoms with Gasteiger partial charge in [0, 0.05) is 13.0 Å². The quantitative estimate of drug-likeness (QED) is 0.850. The van der Waals surface area contributed by atoms with Crippen LogP contribution in [0.2, 0.25) is 0 Å². The minimum absolute atomic E-state index is 0.202. The number of hydrogen-bond acceptors (Lipinski definition) is 5. The first-order chi connectivity index (χ1) is 10.8. The third kappa shape index (κ3) is 3.44. The van der Waals surface area contributed by atoms with Crippen LogP contribution in [0.1, 0.15) is 36.1 Å². The van der Waals surface area contributed by atoms with Gasteiger partial charge in [0.15, 0.2) is 11.6 Å². The molecule has 1 unspecified atom stereocenters. The molecule has 2 aromatic rings. The van der Waals surface area contributed by atoms with Gasteiger partial charge in [-0.1, -0.05) is 6.07 Å². The molecular weight excluding hydrogens is 287 g/mol. The van der Waals surface area contributed by atoms with Crippen LogP contribution in [0.25, 0.3) is 0 Å². The third-order valence-electron chi connectivity index (χ3n) is 3.84. The van der Waals surface area contributed by atoms with Gasteiger partial charge in [-0.3, -0.25) is 0 Å². The Morgan fingerprint density at radius 1 is 1.32 bits per heavy atom. The van der Waals surface area contributed by atoms with Crippen molar-refractivity contribution in [1.29, 1.82) is 0 Å². The van der Waals surface area contributed by atoms with Crippen molar-refractivity contribution in [2.45, 2.75) is 31.6 Å². The van der Waals surface area contributed by atoms with Crippen molar-refractivity contribution in [3.63, 3.8) is 0 Å². The summed E-state index contributed by atoms with van der Waals surface area (Å²) in [6.45, 7) is 1.45. The van der Waals surface area contributed by atoms with Crippen molar-refractivity contribution >= 4 is 0 Å². The monoisotopic (exact) mass is 306 g/mol. The van der Waals surface area contributed by atoms with Gasteiger partial charge in [-0.2, -0.15) is 0 Å². The summed E-state index contributed by atoms with van der Waals surface area (Å²) in [5, 5.41) is 8.18. The number of rotatable bonds is 5. The Bertz CT molecular complexity index is 624. The molecule has 0 amide bonds. The molecule has 1 aliphatic heterocycles. The van der Waals surface area contributed by atoms with Crippen LogP contribution in [0.15, 0.2) is 22.6 Å². The van der Waals surface area contributed by atoms with Gasteiger partial charge in [0.2, 0.25) is 11.8 Å². The summed E-state index contributed by atoms with van der Waals surface area (Å²) in [4.78, 5) is 0. The molecule has 0 radical (unpaired) electrons. The van der Waals surface area contributed by atoms with Crippen molar-refractivity contribution in [1.82, 2.24) is 10.2 Å². The normalized spacial score (nSPS) is 18.4. The van der Waals surface area contributed by atoms with Crippen molar-refractivity contribution in [3.8, 4) is 5.75 Å². The predicted molar refractivity (Wildman–Crippen MR) is 77.5 cm³/mol. The fourth-order valence-corrected chi connectivity index (χ4v) is 2.58. The molecule has 0 saturated carbocycles. The highest BCUT2D eigenvalue weighted by molar-refractivity contribution is 5.29. The first kappa shape index (κ1) is 15.0. The Labute approximate surface area is 128 Å². The first-order valence-corrected chi connectivity index (χ1v) is 7.48. The molecule has 3 rings (SSSR count). The average Bonchev–Trinajstić information content (AvgIpc) is 3.03. The van der Waals surface area contributed by atoms with E-state index in [-0.39, 0.29) is 17.5 Å². The third-order valence-corrected chi connectivity index (χ3v) is 3.84. The van der Waals surface area contributed by atoms with Gasteiger partial charge in [-0.15, -0.1) is 10.2 Å². The smallest absolute Gasteiger partial charge is 0.221 e. The molecule has 0 N–H and O–H groups in total. The standard InChI is InChI=1S/C16H19FN2O3/c1-20-14-6-4-11(9-13(14)17)5-7-15-18-19-16(22-15)12-3-2-8-21-10-12/h4,6,9,12H,2-3,5,7-8,10H2,1H3. The van der Waals surface area contributed by atoms with Crippen LogP contribution in [-0.4, -0.2) is 30.5 Å². The summed E-state index contributed by atoms with van der Waals surface area (Å²) in [5.41, 5.74) is 0.874. The number of nitrogens with zero attached hydrogens (tertiary/aromatic N) is 2. The minimum Gasteiger partial charge on any atom is -0.494 e. The lowest BCUT2D eigenvalue weighted by Crippen LogP contribution is -2.15. The largest absolute Gasteiger partial charge is 0.494 e. The van der Waals surface area contributed by atoms with Gasteiger partial charge in [0.05, 0.1) is 19.6 Å². The van der Waals surface area contributed by atoms with Gasteiger partial charge >= 0.3 is 0 Å². The van der Waals surface area contributed by atoms with Crippen molar-refractivity contribution in [2.75, 3.05) is 20.3 Å². The van der Waals surface area contributed by atoms with Gasteiger partial charge in [-0.25, -0.2) is 4.39 Å². The van der Waals surface area contributed by atoms with Gasteiger partial charge in [0.25, 0.3) is 0 Å². The average molecular weight is 306 g/mol. The number of hydrogen-bond donors (Lipinski definition) is 0. The molecule has 1 aliphatic rings. The maximum absolute atomic E-state index is 13.6. The van der Waals surface area contributed by atoms with E-state index < -0.39 is 0 Å². The van der Waals surface area contributed by atoms with Crippen LogP contribution in [0.3, 0.4) is 0 Å². The molecule has 1 atom stereocenters. The zero-order chi connectivity index (χ0) is 15.4. The second-order valence-corrected chi connectivity index (χ2v) is 5.42. The number of benzene rings is 1. The van der Waals surface area contributed by atoms with Gasteiger partial charge in [-0.05, 0) is 37.0 Å². The van der Waals surface area contributed by atoms with Crippen molar-refractivity contribution in [2.24, 2.45) is 0 Å². The van der Waals surface area contributed by atoms with Crippen LogP contribution in [0, 0.1) is 5.82 Å². The van der Waals surface area contributed by atoms with Crippen LogP contribution in [-0.2, 0) is 17.6 Å². The summed E-state index contributed by atoms with van der Waals surface area (Å²) in [6, 6.07) is 4.95. The Kier molecular flexibility index (Phi) is 4.68. The first-order valence-electron chi connectivity index (χ1n) is 7.48. The maximum atomic E-state index is 13.6. The molecule has 22 heavy (non-hydrogen) atoms.